The van der Waals surface area contributed by atoms with E-state index in [0.717, 1.165) is 18.5 Å². The fourth-order valence-corrected chi connectivity index (χ4v) is 3.39. The van der Waals surface area contributed by atoms with Gasteiger partial charge in [0, 0.05) is 17.8 Å². The average Bonchev–Trinajstić information content (AvgIpc) is 3.02. The van der Waals surface area contributed by atoms with Gasteiger partial charge in [0.25, 0.3) is 5.91 Å². The summed E-state index contributed by atoms with van der Waals surface area (Å²) in [7, 11) is 1.85. The molecule has 5 heteroatoms. The van der Waals surface area contributed by atoms with Crippen LogP contribution in [0.5, 0.6) is 0 Å². The first-order valence-corrected chi connectivity index (χ1v) is 8.45. The molecule has 1 aliphatic carbocycles. The van der Waals surface area contributed by atoms with E-state index in [1.165, 1.54) is 17.7 Å². The van der Waals surface area contributed by atoms with Gasteiger partial charge in [-0.1, -0.05) is 19.4 Å². The third kappa shape index (κ3) is 3.18. The minimum absolute atomic E-state index is 0.0243. The molecule has 1 amide bonds. The fourth-order valence-electron chi connectivity index (χ4n) is 2.58. The summed E-state index contributed by atoms with van der Waals surface area (Å²) in [6.07, 6.45) is 4.40. The van der Waals surface area contributed by atoms with Crippen LogP contribution in [0.1, 0.15) is 65.6 Å². The number of aromatic nitrogens is 2. The van der Waals surface area contributed by atoms with E-state index in [4.69, 9.17) is 0 Å². The van der Waals surface area contributed by atoms with Crippen LogP contribution in [0.25, 0.3) is 0 Å². The number of nitrogens with one attached hydrogen (secondary N) is 1. The maximum Gasteiger partial charge on any atom is 0.270 e. The van der Waals surface area contributed by atoms with Gasteiger partial charge in [0.1, 0.15) is 5.69 Å². The van der Waals surface area contributed by atoms with Crippen molar-refractivity contribution in [1.29, 1.82) is 0 Å². The molecule has 2 heterocycles. The molecule has 4 nitrogen and oxygen atoms in total. The van der Waals surface area contributed by atoms with Crippen molar-refractivity contribution < 1.29 is 4.79 Å². The summed E-state index contributed by atoms with van der Waals surface area (Å²) in [4.78, 5) is 13.8. The van der Waals surface area contributed by atoms with Gasteiger partial charge in [-0.15, -0.1) is 11.3 Å². The van der Waals surface area contributed by atoms with Crippen LogP contribution in [0, 0.1) is 0 Å². The molecule has 1 atom stereocenters. The lowest BCUT2D eigenvalue weighted by molar-refractivity contribution is 0.0925. The number of aryl methyl sites for hydroxylation is 1. The van der Waals surface area contributed by atoms with Gasteiger partial charge in [-0.2, -0.15) is 5.10 Å². The van der Waals surface area contributed by atoms with E-state index in [9.17, 15) is 4.79 Å². The Morgan fingerprint density at radius 3 is 3.00 bits per heavy atom. The second kappa shape index (κ2) is 6.02. The Kier molecular flexibility index (Phi) is 4.10. The Balaban J connectivity index is 1.74. The van der Waals surface area contributed by atoms with E-state index in [1.807, 2.05) is 19.2 Å². The molecule has 0 aromatic carbocycles. The monoisotopic (exact) mass is 303 g/mol. The largest absolute Gasteiger partial charge is 0.343 e. The predicted octanol–water partition coefficient (Wildman–Crippen LogP) is 3.63. The van der Waals surface area contributed by atoms with Crippen LogP contribution in [0.3, 0.4) is 0 Å². The van der Waals surface area contributed by atoms with Gasteiger partial charge in [0.2, 0.25) is 0 Å². The van der Waals surface area contributed by atoms with Crippen LogP contribution in [0.15, 0.2) is 23.6 Å². The van der Waals surface area contributed by atoms with Crippen molar-refractivity contribution in [2.75, 3.05) is 0 Å². The van der Waals surface area contributed by atoms with Crippen molar-refractivity contribution in [3.63, 3.8) is 0 Å². The Morgan fingerprint density at radius 1 is 1.57 bits per heavy atom. The number of hydrogen-bond donors (Lipinski definition) is 1. The van der Waals surface area contributed by atoms with E-state index in [0.29, 0.717) is 11.6 Å². The molecule has 0 bridgehead atoms. The number of rotatable bonds is 6. The van der Waals surface area contributed by atoms with Gasteiger partial charge in [-0.3, -0.25) is 9.48 Å². The van der Waals surface area contributed by atoms with Crippen molar-refractivity contribution in [3.8, 4) is 0 Å². The molecule has 3 rings (SSSR count). The number of nitrogens with zero attached hydrogens (tertiary/aromatic N) is 2. The minimum Gasteiger partial charge on any atom is -0.343 e. The summed E-state index contributed by atoms with van der Waals surface area (Å²) in [6, 6.07) is 6.17. The van der Waals surface area contributed by atoms with Crippen LogP contribution < -0.4 is 5.32 Å². The molecule has 0 radical (unpaired) electrons. The zero-order valence-corrected chi connectivity index (χ0v) is 13.3. The van der Waals surface area contributed by atoms with E-state index < -0.39 is 0 Å². The molecule has 21 heavy (non-hydrogen) atoms. The number of carbonyl (C=O) groups excluding carboxylic acids is 1. The summed E-state index contributed by atoms with van der Waals surface area (Å²) >= 11 is 1.70. The van der Waals surface area contributed by atoms with Gasteiger partial charge in [-0.05, 0) is 36.8 Å². The van der Waals surface area contributed by atoms with Crippen molar-refractivity contribution in [1.82, 2.24) is 15.1 Å². The highest BCUT2D eigenvalue weighted by molar-refractivity contribution is 7.10. The van der Waals surface area contributed by atoms with Crippen molar-refractivity contribution in [2.45, 2.75) is 44.6 Å². The highest BCUT2D eigenvalue weighted by Gasteiger charge is 2.28. The molecule has 0 aliphatic heterocycles. The average molecular weight is 303 g/mol. The highest BCUT2D eigenvalue weighted by atomic mass is 32.1. The lowest BCUT2D eigenvalue weighted by atomic mass is 10.1. The van der Waals surface area contributed by atoms with Crippen LogP contribution in [-0.4, -0.2) is 15.7 Å². The van der Waals surface area contributed by atoms with Gasteiger partial charge in [0.15, 0.2) is 0 Å². The lowest BCUT2D eigenvalue weighted by Crippen LogP contribution is -2.29. The second-order valence-corrected chi connectivity index (χ2v) is 6.66. The summed E-state index contributed by atoms with van der Waals surface area (Å²) in [6.45, 7) is 2.14. The molecular formula is C16H21N3OS. The van der Waals surface area contributed by atoms with E-state index in [1.54, 1.807) is 16.0 Å². The molecule has 2 aromatic rings. The maximum absolute atomic E-state index is 12.5. The molecule has 1 fully saturated rings. The number of carbonyl (C=O) groups is 1. The van der Waals surface area contributed by atoms with Crippen LogP contribution >= 0.6 is 11.3 Å². The van der Waals surface area contributed by atoms with E-state index >= 15 is 0 Å². The topological polar surface area (TPSA) is 46.9 Å². The van der Waals surface area contributed by atoms with Gasteiger partial charge >= 0.3 is 0 Å². The Morgan fingerprint density at radius 2 is 2.38 bits per heavy atom. The molecule has 1 saturated carbocycles. The smallest absolute Gasteiger partial charge is 0.270 e. The first-order valence-electron chi connectivity index (χ1n) is 7.57. The van der Waals surface area contributed by atoms with E-state index in [2.05, 4.69) is 28.8 Å². The van der Waals surface area contributed by atoms with Crippen molar-refractivity contribution in [3.05, 3.63) is 39.8 Å². The normalized spacial score (nSPS) is 15.9. The molecule has 112 valence electrons. The first-order chi connectivity index (χ1) is 10.2. The molecule has 1 unspecified atom stereocenters. The maximum atomic E-state index is 12.5. The van der Waals surface area contributed by atoms with Crippen LogP contribution in [0.2, 0.25) is 0 Å². The van der Waals surface area contributed by atoms with Crippen molar-refractivity contribution in [2.24, 2.45) is 7.05 Å². The van der Waals surface area contributed by atoms with Gasteiger partial charge < -0.3 is 5.32 Å². The molecule has 0 saturated heterocycles. The molecule has 1 aliphatic rings. The zero-order chi connectivity index (χ0) is 14.8. The Bertz CT molecular complexity index is 614. The number of amides is 1. The first kappa shape index (κ1) is 14.3. The Hall–Kier alpha value is -1.62. The third-order valence-corrected chi connectivity index (χ3v) is 4.88. The van der Waals surface area contributed by atoms with Crippen LogP contribution in [-0.2, 0) is 7.05 Å². The van der Waals surface area contributed by atoms with Crippen LogP contribution in [0.4, 0.5) is 0 Å². The predicted molar refractivity (Wildman–Crippen MR) is 84.6 cm³/mol. The zero-order valence-electron chi connectivity index (χ0n) is 12.5. The molecule has 0 spiro atoms. The van der Waals surface area contributed by atoms with Crippen molar-refractivity contribution >= 4 is 17.2 Å². The minimum atomic E-state index is -0.0243. The summed E-state index contributed by atoms with van der Waals surface area (Å²) in [5, 5.41) is 9.68. The SMILES string of the molecule is CCCC(NC(=O)c1cc(C2CC2)nn1C)c1cccs1. The number of hydrogen-bond acceptors (Lipinski definition) is 3. The summed E-state index contributed by atoms with van der Waals surface area (Å²) in [5.41, 5.74) is 1.72. The molecule has 1 N–H and O–H groups in total. The third-order valence-electron chi connectivity index (χ3n) is 3.90. The summed E-state index contributed by atoms with van der Waals surface area (Å²) in [5.74, 6) is 0.547. The highest BCUT2D eigenvalue weighted by Crippen LogP contribution is 2.39. The lowest BCUT2D eigenvalue weighted by Gasteiger charge is -2.16. The Labute approximate surface area is 129 Å². The second-order valence-electron chi connectivity index (χ2n) is 5.68. The number of thiophene rings is 1. The molecular weight excluding hydrogens is 282 g/mol. The molecule has 2 aromatic heterocycles. The standard InChI is InChI=1S/C16H21N3OS/c1-3-5-12(15-6-4-9-21-15)17-16(20)14-10-13(11-7-8-11)18-19(14)2/h4,6,9-12H,3,5,7-8H2,1-2H3,(H,17,20). The van der Waals surface area contributed by atoms with Gasteiger partial charge in [-0.25, -0.2) is 0 Å². The quantitative estimate of drug-likeness (QED) is 0.886. The van der Waals surface area contributed by atoms with E-state index in [-0.39, 0.29) is 11.9 Å². The summed E-state index contributed by atoms with van der Waals surface area (Å²) < 4.78 is 1.71. The van der Waals surface area contributed by atoms with Gasteiger partial charge in [0.05, 0.1) is 11.7 Å². The fraction of sp³-hybridized carbons (Fsp3) is 0.500.